The summed E-state index contributed by atoms with van der Waals surface area (Å²) in [6.07, 6.45) is 8.24. The van der Waals surface area contributed by atoms with E-state index in [1.165, 1.54) is 11.8 Å². The molecule has 5 nitrogen and oxygen atoms in total. The molecule has 1 aliphatic carbocycles. The second kappa shape index (κ2) is 12.3. The zero-order valence-electron chi connectivity index (χ0n) is 21.8. The van der Waals surface area contributed by atoms with Crippen LogP contribution in [0.1, 0.15) is 10.8 Å². The number of nitrogens with one attached hydrogen (secondary N) is 2. The number of allylic oxidation sites excluding steroid dienone is 2. The number of anilines is 3. The lowest BCUT2D eigenvalue weighted by atomic mass is 10.1. The number of carbonyl (C=O) groups is 2. The first-order valence-electron chi connectivity index (χ1n) is 13.1. The number of hydrogen-bond acceptors (Lipinski definition) is 4. The van der Waals surface area contributed by atoms with E-state index in [1.807, 2.05) is 95.9 Å². The number of halogens is 1. The van der Waals surface area contributed by atoms with Gasteiger partial charge in [-0.3, -0.25) is 9.69 Å². The van der Waals surface area contributed by atoms with Crippen molar-refractivity contribution in [1.82, 2.24) is 0 Å². The Morgan fingerprint density at radius 1 is 0.805 bits per heavy atom. The Morgan fingerprint density at radius 3 is 2.37 bits per heavy atom. The summed E-state index contributed by atoms with van der Waals surface area (Å²) < 4.78 is 0. The maximum absolute atomic E-state index is 13.7. The van der Waals surface area contributed by atoms with Crippen LogP contribution < -0.4 is 15.5 Å². The van der Waals surface area contributed by atoms with E-state index in [2.05, 4.69) is 28.9 Å². The van der Waals surface area contributed by atoms with E-state index in [9.17, 15) is 9.59 Å². The van der Waals surface area contributed by atoms with Gasteiger partial charge in [-0.1, -0.05) is 90.5 Å². The van der Waals surface area contributed by atoms with Gasteiger partial charge in [0.25, 0.3) is 0 Å². The lowest BCUT2D eigenvalue weighted by molar-refractivity contribution is -0.115. The fraction of sp³-hybridized carbons (Fsp3) is 0.0909. The van der Waals surface area contributed by atoms with Gasteiger partial charge in [-0.15, -0.1) is 23.5 Å². The first-order chi connectivity index (χ1) is 20.0. The summed E-state index contributed by atoms with van der Waals surface area (Å²) in [5, 5.41) is 6.27. The Balaban J connectivity index is 1.23. The van der Waals surface area contributed by atoms with Gasteiger partial charge >= 0.3 is 6.03 Å². The van der Waals surface area contributed by atoms with Crippen molar-refractivity contribution in [2.45, 2.75) is 26.3 Å². The molecule has 204 valence electrons. The number of para-hydroxylation sites is 1. The van der Waals surface area contributed by atoms with Crippen LogP contribution in [0.5, 0.6) is 0 Å². The number of urea groups is 1. The lowest BCUT2D eigenvalue weighted by Crippen LogP contribution is -2.49. The van der Waals surface area contributed by atoms with Crippen molar-refractivity contribution in [2.75, 3.05) is 15.5 Å². The van der Waals surface area contributed by atoms with Crippen LogP contribution in [0.4, 0.5) is 21.9 Å². The molecule has 3 amide bonds. The van der Waals surface area contributed by atoms with Gasteiger partial charge in [0.2, 0.25) is 5.91 Å². The second-order valence-electron chi connectivity index (χ2n) is 9.55. The molecule has 1 heterocycles. The largest absolute Gasteiger partial charge is 0.326 e. The Morgan fingerprint density at radius 2 is 1.54 bits per heavy atom. The number of hydrogen-bond donors (Lipinski definition) is 2. The van der Waals surface area contributed by atoms with Gasteiger partial charge in [0, 0.05) is 26.2 Å². The molecule has 41 heavy (non-hydrogen) atoms. The number of amides is 3. The predicted molar refractivity (Wildman–Crippen MR) is 171 cm³/mol. The quantitative estimate of drug-likeness (QED) is 0.219. The van der Waals surface area contributed by atoms with E-state index >= 15 is 0 Å². The minimum Gasteiger partial charge on any atom is -0.325 e. The summed E-state index contributed by atoms with van der Waals surface area (Å²) >= 11 is 9.33. The molecule has 2 aliphatic rings. The van der Waals surface area contributed by atoms with Crippen molar-refractivity contribution in [3.63, 3.8) is 0 Å². The number of rotatable bonds is 6. The second-order valence-corrected chi connectivity index (χ2v) is 12.4. The number of fused-ring (bicyclic) bond motifs is 2. The highest BCUT2D eigenvalue weighted by molar-refractivity contribution is 8.00. The van der Waals surface area contributed by atoms with Crippen LogP contribution >= 0.6 is 35.1 Å². The molecule has 0 aromatic heterocycles. The van der Waals surface area contributed by atoms with Crippen LogP contribution in [0.15, 0.2) is 137 Å². The number of nitrogens with zero attached hydrogens (tertiary/aromatic N) is 1. The maximum Gasteiger partial charge on any atom is 0.326 e. The van der Waals surface area contributed by atoms with Gasteiger partial charge in [-0.05, 0) is 54.1 Å². The zero-order chi connectivity index (χ0) is 28.2. The van der Waals surface area contributed by atoms with E-state index in [4.69, 9.17) is 11.6 Å². The van der Waals surface area contributed by atoms with Crippen molar-refractivity contribution in [3.8, 4) is 0 Å². The van der Waals surface area contributed by atoms with Crippen LogP contribution in [-0.2, 0) is 4.79 Å². The molecule has 3 unspecified atom stereocenters. The summed E-state index contributed by atoms with van der Waals surface area (Å²) in [5.74, 6) is -0.163. The zero-order valence-corrected chi connectivity index (χ0v) is 24.2. The van der Waals surface area contributed by atoms with E-state index in [-0.39, 0.29) is 23.2 Å². The first kappa shape index (κ1) is 27.3. The number of carbonyl (C=O) groups excluding carboxylic acids is 2. The lowest BCUT2D eigenvalue weighted by Gasteiger charge is -2.40. The first-order valence-corrected chi connectivity index (χ1v) is 15.3. The molecule has 3 atom stereocenters. The van der Waals surface area contributed by atoms with Crippen LogP contribution in [0.2, 0.25) is 5.02 Å². The van der Waals surface area contributed by atoms with Crippen molar-refractivity contribution in [1.29, 1.82) is 0 Å². The van der Waals surface area contributed by atoms with E-state index < -0.39 is 5.25 Å². The molecule has 4 aromatic rings. The molecule has 4 aromatic carbocycles. The number of benzene rings is 4. The van der Waals surface area contributed by atoms with Crippen molar-refractivity contribution >= 4 is 64.1 Å². The molecular formula is C33H26ClN3O2S2. The Labute approximate surface area is 252 Å². The predicted octanol–water partition coefficient (Wildman–Crippen LogP) is 8.82. The van der Waals surface area contributed by atoms with Gasteiger partial charge in [0.1, 0.15) is 5.25 Å². The molecule has 0 bridgehead atoms. The number of thioether (sulfide) groups is 2. The van der Waals surface area contributed by atoms with E-state index in [0.29, 0.717) is 16.4 Å². The smallest absolute Gasteiger partial charge is 0.325 e. The summed E-state index contributed by atoms with van der Waals surface area (Å²) in [4.78, 5) is 31.0. The summed E-state index contributed by atoms with van der Waals surface area (Å²) in [6, 6.07) is 32.1. The Hall–Kier alpha value is -3.91. The molecule has 6 rings (SSSR count). The SMILES string of the molecule is O=C(Nc1cccc(Cl)c1)C(Sc1cccc(NC(=O)N2c3ccccc3SC3C=CC=CC32)c1)c1ccccc1. The van der Waals surface area contributed by atoms with Crippen LogP contribution in [-0.4, -0.2) is 23.2 Å². The molecule has 0 spiro atoms. The molecule has 0 radical (unpaired) electrons. The van der Waals surface area contributed by atoms with Crippen LogP contribution in [0.3, 0.4) is 0 Å². The van der Waals surface area contributed by atoms with Gasteiger partial charge in [-0.2, -0.15) is 0 Å². The van der Waals surface area contributed by atoms with Crippen molar-refractivity contribution in [2.24, 2.45) is 0 Å². The molecule has 1 aliphatic heterocycles. The van der Waals surface area contributed by atoms with E-state index in [1.54, 1.807) is 30.0 Å². The highest BCUT2D eigenvalue weighted by Gasteiger charge is 2.36. The normalized spacial score (nSPS) is 17.7. The Bertz CT molecular complexity index is 1640. The van der Waals surface area contributed by atoms with Gasteiger partial charge in [0.05, 0.1) is 17.0 Å². The minimum absolute atomic E-state index is 0.0879. The standard InChI is InChI=1S/C33H26ClN3O2S2/c34-23-12-8-13-24(20-23)35-32(38)31(22-10-2-1-3-11-22)40-26-15-9-14-25(21-26)36-33(39)37-27-16-4-6-18-29(27)41-30-19-7-5-17-28(30)37/h1-21,27,29,31H,(H,35,38)(H,36,39). The molecule has 0 fully saturated rings. The fourth-order valence-electron chi connectivity index (χ4n) is 4.87. The highest BCUT2D eigenvalue weighted by Crippen LogP contribution is 2.44. The fourth-order valence-corrected chi connectivity index (χ4v) is 7.40. The molecule has 0 saturated heterocycles. The molecule has 0 saturated carbocycles. The maximum atomic E-state index is 13.7. The van der Waals surface area contributed by atoms with Crippen molar-refractivity contribution < 1.29 is 9.59 Å². The molecule has 8 heteroatoms. The molecule has 2 N–H and O–H groups in total. The van der Waals surface area contributed by atoms with E-state index in [0.717, 1.165) is 21.0 Å². The Kier molecular flexibility index (Phi) is 8.19. The summed E-state index contributed by atoms with van der Waals surface area (Å²) in [5.41, 5.74) is 3.06. The average molecular weight is 596 g/mol. The topological polar surface area (TPSA) is 61.4 Å². The minimum atomic E-state index is -0.521. The highest BCUT2D eigenvalue weighted by atomic mass is 35.5. The third-order valence-electron chi connectivity index (χ3n) is 6.73. The average Bonchev–Trinajstić information content (AvgIpc) is 2.99. The van der Waals surface area contributed by atoms with Gasteiger partial charge < -0.3 is 10.6 Å². The monoisotopic (exact) mass is 595 g/mol. The summed E-state index contributed by atoms with van der Waals surface area (Å²) in [7, 11) is 0. The third kappa shape index (κ3) is 6.22. The van der Waals surface area contributed by atoms with Gasteiger partial charge in [0.15, 0.2) is 0 Å². The van der Waals surface area contributed by atoms with Gasteiger partial charge in [-0.25, -0.2) is 4.79 Å². The van der Waals surface area contributed by atoms with Crippen LogP contribution in [0, 0.1) is 0 Å². The van der Waals surface area contributed by atoms with Crippen molar-refractivity contribution in [3.05, 3.63) is 138 Å². The summed E-state index contributed by atoms with van der Waals surface area (Å²) in [6.45, 7) is 0. The molecular weight excluding hydrogens is 570 g/mol. The third-order valence-corrected chi connectivity index (χ3v) is 9.52. The van der Waals surface area contributed by atoms with Crippen LogP contribution in [0.25, 0.3) is 0 Å².